The highest BCUT2D eigenvalue weighted by Crippen LogP contribution is 2.38. The van der Waals surface area contributed by atoms with E-state index in [4.69, 9.17) is 0 Å². The molecule has 76 valence electrons. The fourth-order valence-corrected chi connectivity index (χ4v) is 2.89. The average Bonchev–Trinajstić information content (AvgIpc) is 2.65. The number of nitrogens with zero attached hydrogens (tertiary/aromatic N) is 1. The molecular formula is C12H12N2S. The number of aromatic nitrogens is 1. The Kier molecular flexibility index (Phi) is 1.83. The molecule has 3 heteroatoms. The first-order valence-corrected chi connectivity index (χ1v) is 5.91. The van der Waals surface area contributed by atoms with Crippen molar-refractivity contribution < 1.29 is 0 Å². The predicted octanol–water partition coefficient (Wildman–Crippen LogP) is 3.35. The number of aryl methyl sites for hydroxylation is 2. The van der Waals surface area contributed by atoms with Gasteiger partial charge in [-0.3, -0.25) is 0 Å². The number of fused-ring (bicyclic) bond motifs is 3. The lowest BCUT2D eigenvalue weighted by Gasteiger charge is -2.20. The molecule has 3 rings (SSSR count). The van der Waals surface area contributed by atoms with Crippen LogP contribution in [0.25, 0.3) is 11.3 Å². The molecule has 0 aliphatic carbocycles. The van der Waals surface area contributed by atoms with Crippen LogP contribution in [0.4, 0.5) is 5.69 Å². The first-order chi connectivity index (χ1) is 7.25. The molecule has 1 aliphatic heterocycles. The van der Waals surface area contributed by atoms with Crippen LogP contribution in [0.3, 0.4) is 0 Å². The van der Waals surface area contributed by atoms with E-state index in [0.29, 0.717) is 0 Å². The largest absolute Gasteiger partial charge is 0.379 e. The Balaban J connectivity index is 2.32. The van der Waals surface area contributed by atoms with Gasteiger partial charge in [0.15, 0.2) is 0 Å². The van der Waals surface area contributed by atoms with E-state index in [-0.39, 0.29) is 0 Å². The fraction of sp³-hybridized carbons (Fsp3) is 0.250. The minimum absolute atomic E-state index is 0.914. The highest BCUT2D eigenvalue weighted by atomic mass is 32.1. The van der Waals surface area contributed by atoms with Crippen LogP contribution < -0.4 is 5.32 Å². The number of rotatable bonds is 0. The predicted molar refractivity (Wildman–Crippen MR) is 64.4 cm³/mol. The third-order valence-corrected chi connectivity index (χ3v) is 3.63. The van der Waals surface area contributed by atoms with Gasteiger partial charge in [-0.2, -0.15) is 0 Å². The third kappa shape index (κ3) is 1.27. The Labute approximate surface area is 93.0 Å². The molecule has 0 saturated carbocycles. The van der Waals surface area contributed by atoms with Gasteiger partial charge in [0.25, 0.3) is 0 Å². The molecule has 1 aliphatic rings. The van der Waals surface area contributed by atoms with Crippen molar-refractivity contribution in [1.82, 2.24) is 4.98 Å². The number of benzene rings is 1. The van der Waals surface area contributed by atoms with Crippen molar-refractivity contribution in [3.05, 3.63) is 33.6 Å². The van der Waals surface area contributed by atoms with Crippen LogP contribution in [0.1, 0.15) is 16.0 Å². The number of anilines is 1. The highest BCUT2D eigenvalue weighted by molar-refractivity contribution is 7.10. The van der Waals surface area contributed by atoms with Crippen molar-refractivity contribution in [2.24, 2.45) is 0 Å². The zero-order valence-electron chi connectivity index (χ0n) is 8.79. The first kappa shape index (κ1) is 8.92. The van der Waals surface area contributed by atoms with Gasteiger partial charge in [0.05, 0.1) is 22.6 Å². The molecule has 1 aromatic carbocycles. The molecule has 0 unspecified atom stereocenters. The summed E-state index contributed by atoms with van der Waals surface area (Å²) in [6.07, 6.45) is 0. The molecule has 2 heterocycles. The van der Waals surface area contributed by atoms with Gasteiger partial charge in [-0.1, -0.05) is 11.6 Å². The lowest BCUT2D eigenvalue weighted by Crippen LogP contribution is -2.08. The zero-order chi connectivity index (χ0) is 10.4. The van der Waals surface area contributed by atoms with Gasteiger partial charge < -0.3 is 5.32 Å². The Morgan fingerprint density at radius 1 is 1.33 bits per heavy atom. The number of nitrogens with one attached hydrogen (secondary N) is 1. The van der Waals surface area contributed by atoms with Crippen LogP contribution in [0.5, 0.6) is 0 Å². The van der Waals surface area contributed by atoms with Gasteiger partial charge in [0, 0.05) is 11.3 Å². The molecule has 0 bridgehead atoms. The second-order valence-corrected chi connectivity index (χ2v) is 4.92. The lowest BCUT2D eigenvalue weighted by molar-refractivity contribution is 1.13. The van der Waals surface area contributed by atoms with Gasteiger partial charge >= 0.3 is 0 Å². The van der Waals surface area contributed by atoms with Crippen LogP contribution in [-0.2, 0) is 6.54 Å². The molecule has 2 nitrogen and oxygen atoms in total. The SMILES string of the molecule is Cc1cc(C)c2c(c1)-c1ncsc1CN2. The molecule has 1 N–H and O–H groups in total. The minimum Gasteiger partial charge on any atom is -0.379 e. The first-order valence-electron chi connectivity index (χ1n) is 5.03. The van der Waals surface area contributed by atoms with Crippen molar-refractivity contribution in [3.63, 3.8) is 0 Å². The van der Waals surface area contributed by atoms with Crippen LogP contribution >= 0.6 is 11.3 Å². The summed E-state index contributed by atoms with van der Waals surface area (Å²) in [6, 6.07) is 4.43. The van der Waals surface area contributed by atoms with E-state index in [9.17, 15) is 0 Å². The van der Waals surface area contributed by atoms with Crippen molar-refractivity contribution in [3.8, 4) is 11.3 Å². The van der Waals surface area contributed by atoms with Gasteiger partial charge in [0.2, 0.25) is 0 Å². The summed E-state index contributed by atoms with van der Waals surface area (Å²) in [5.41, 5.74) is 8.21. The lowest BCUT2D eigenvalue weighted by atomic mass is 9.98. The molecule has 0 amide bonds. The summed E-state index contributed by atoms with van der Waals surface area (Å²) in [5.74, 6) is 0. The Morgan fingerprint density at radius 3 is 3.07 bits per heavy atom. The number of thiazole rings is 1. The zero-order valence-corrected chi connectivity index (χ0v) is 9.61. The fourth-order valence-electron chi connectivity index (χ4n) is 2.17. The monoisotopic (exact) mass is 216 g/mol. The van der Waals surface area contributed by atoms with E-state index in [1.807, 2.05) is 5.51 Å². The van der Waals surface area contributed by atoms with E-state index in [2.05, 4.69) is 36.3 Å². The van der Waals surface area contributed by atoms with E-state index in [1.54, 1.807) is 11.3 Å². The second kappa shape index (κ2) is 3.07. The molecule has 0 spiro atoms. The average molecular weight is 216 g/mol. The topological polar surface area (TPSA) is 24.9 Å². The number of hydrogen-bond donors (Lipinski definition) is 1. The highest BCUT2D eigenvalue weighted by Gasteiger charge is 2.19. The van der Waals surface area contributed by atoms with Crippen molar-refractivity contribution in [2.45, 2.75) is 20.4 Å². The molecule has 0 fully saturated rings. The maximum atomic E-state index is 4.46. The van der Waals surface area contributed by atoms with Crippen LogP contribution in [0.2, 0.25) is 0 Å². The quantitative estimate of drug-likeness (QED) is 0.730. The Bertz CT molecular complexity index is 528. The Morgan fingerprint density at radius 2 is 2.20 bits per heavy atom. The minimum atomic E-state index is 0.914. The normalized spacial score (nSPS) is 12.9. The molecule has 0 atom stereocenters. The van der Waals surface area contributed by atoms with Crippen LogP contribution in [-0.4, -0.2) is 4.98 Å². The van der Waals surface area contributed by atoms with E-state index < -0.39 is 0 Å². The van der Waals surface area contributed by atoms with Gasteiger partial charge in [-0.25, -0.2) is 4.98 Å². The van der Waals surface area contributed by atoms with Crippen molar-refractivity contribution >= 4 is 17.0 Å². The molecule has 0 saturated heterocycles. The third-order valence-electron chi connectivity index (χ3n) is 2.80. The van der Waals surface area contributed by atoms with E-state index >= 15 is 0 Å². The second-order valence-electron chi connectivity index (χ2n) is 3.98. The van der Waals surface area contributed by atoms with E-state index in [1.165, 1.54) is 32.9 Å². The Hall–Kier alpha value is -1.35. The van der Waals surface area contributed by atoms with Crippen LogP contribution in [0.15, 0.2) is 17.6 Å². The standard InChI is InChI=1S/C12H12N2S/c1-7-3-8(2)11-9(4-7)12-10(5-13-11)15-6-14-12/h3-4,6,13H,5H2,1-2H3. The summed E-state index contributed by atoms with van der Waals surface area (Å²) in [6.45, 7) is 5.20. The smallest absolute Gasteiger partial charge is 0.0882 e. The maximum Gasteiger partial charge on any atom is 0.0882 e. The van der Waals surface area contributed by atoms with Gasteiger partial charge in [0.1, 0.15) is 0 Å². The molecule has 0 radical (unpaired) electrons. The maximum absolute atomic E-state index is 4.46. The summed E-state index contributed by atoms with van der Waals surface area (Å²) >= 11 is 1.73. The molecule has 1 aromatic heterocycles. The molecular weight excluding hydrogens is 204 g/mol. The van der Waals surface area contributed by atoms with Crippen molar-refractivity contribution in [1.29, 1.82) is 0 Å². The number of hydrogen-bond acceptors (Lipinski definition) is 3. The molecule has 15 heavy (non-hydrogen) atoms. The van der Waals surface area contributed by atoms with Gasteiger partial charge in [-0.05, 0) is 25.5 Å². The summed E-state index contributed by atoms with van der Waals surface area (Å²) < 4.78 is 0. The van der Waals surface area contributed by atoms with Gasteiger partial charge in [-0.15, -0.1) is 11.3 Å². The summed E-state index contributed by atoms with van der Waals surface area (Å²) in [4.78, 5) is 5.80. The summed E-state index contributed by atoms with van der Waals surface area (Å²) in [7, 11) is 0. The molecule has 2 aromatic rings. The van der Waals surface area contributed by atoms with Crippen LogP contribution in [0, 0.1) is 13.8 Å². The summed E-state index contributed by atoms with van der Waals surface area (Å²) in [5, 5.41) is 3.47. The van der Waals surface area contributed by atoms with E-state index in [0.717, 1.165) is 6.54 Å². The van der Waals surface area contributed by atoms with Crippen molar-refractivity contribution in [2.75, 3.05) is 5.32 Å².